The Morgan fingerprint density at radius 3 is 2.87 bits per heavy atom. The first-order chi connectivity index (χ1) is 11.2. The number of carbonyl (C=O) groups excluding carboxylic acids is 1. The first-order valence-electron chi connectivity index (χ1n) is 7.30. The van der Waals surface area contributed by atoms with E-state index in [2.05, 4.69) is 34.9 Å². The Labute approximate surface area is 143 Å². The highest BCUT2D eigenvalue weighted by Gasteiger charge is 2.11. The second-order valence-electron chi connectivity index (χ2n) is 4.95. The predicted molar refractivity (Wildman–Crippen MR) is 98.3 cm³/mol. The normalized spacial score (nSPS) is 10.7. The number of aryl methyl sites for hydroxylation is 1. The van der Waals surface area contributed by atoms with Gasteiger partial charge in [0.2, 0.25) is 5.13 Å². The minimum absolute atomic E-state index is 0.163. The Morgan fingerprint density at radius 2 is 2.09 bits per heavy atom. The third-order valence-electron chi connectivity index (χ3n) is 3.50. The summed E-state index contributed by atoms with van der Waals surface area (Å²) >= 11 is 3.08. The topological polar surface area (TPSA) is 54.0 Å². The fraction of sp³-hybridized carbons (Fsp3) is 0.176. The Morgan fingerprint density at radius 1 is 1.26 bits per heavy atom. The number of amides is 1. The molecule has 0 aliphatic rings. The zero-order valence-corrected chi connectivity index (χ0v) is 14.6. The molecule has 23 heavy (non-hydrogen) atoms. The van der Waals surface area contributed by atoms with Crippen molar-refractivity contribution in [3.05, 3.63) is 53.6 Å². The molecule has 2 aromatic carbocycles. The van der Waals surface area contributed by atoms with Gasteiger partial charge in [0, 0.05) is 4.90 Å². The van der Waals surface area contributed by atoms with Crippen LogP contribution in [-0.2, 0) is 6.42 Å². The summed E-state index contributed by atoms with van der Waals surface area (Å²) in [5.41, 5.74) is 8.52. The maximum atomic E-state index is 12.3. The Hall–Kier alpha value is -2.05. The van der Waals surface area contributed by atoms with Crippen molar-refractivity contribution in [2.24, 2.45) is 0 Å². The van der Waals surface area contributed by atoms with E-state index in [9.17, 15) is 4.79 Å². The SMILES string of the molecule is CCc1ccc2nc(NNC(=O)c3ccccc3SC)sc2c1. The average Bonchev–Trinajstić information content (AvgIpc) is 3.01. The van der Waals surface area contributed by atoms with Gasteiger partial charge in [0.25, 0.3) is 5.91 Å². The van der Waals surface area contributed by atoms with E-state index in [-0.39, 0.29) is 5.91 Å². The van der Waals surface area contributed by atoms with E-state index in [4.69, 9.17) is 0 Å². The van der Waals surface area contributed by atoms with Gasteiger partial charge in [-0.2, -0.15) is 0 Å². The number of benzene rings is 2. The maximum Gasteiger partial charge on any atom is 0.270 e. The number of nitrogens with zero attached hydrogens (tertiary/aromatic N) is 1. The van der Waals surface area contributed by atoms with Crippen LogP contribution in [0.1, 0.15) is 22.8 Å². The van der Waals surface area contributed by atoms with Crippen LogP contribution < -0.4 is 10.9 Å². The molecule has 0 saturated carbocycles. The lowest BCUT2D eigenvalue weighted by molar-refractivity contribution is 0.0960. The first kappa shape index (κ1) is 15.8. The van der Waals surface area contributed by atoms with E-state index in [0.717, 1.165) is 21.5 Å². The van der Waals surface area contributed by atoms with Gasteiger partial charge < -0.3 is 0 Å². The number of hydrogen-bond donors (Lipinski definition) is 2. The lowest BCUT2D eigenvalue weighted by Gasteiger charge is -2.08. The zero-order valence-electron chi connectivity index (χ0n) is 12.9. The second-order valence-corrected chi connectivity index (χ2v) is 6.83. The Bertz CT molecular complexity index is 845. The van der Waals surface area contributed by atoms with Crippen LogP contribution in [0.4, 0.5) is 5.13 Å². The molecule has 1 aromatic heterocycles. The van der Waals surface area contributed by atoms with Crippen LogP contribution in [0, 0.1) is 0 Å². The van der Waals surface area contributed by atoms with Crippen LogP contribution in [0.3, 0.4) is 0 Å². The van der Waals surface area contributed by atoms with Gasteiger partial charge in [-0.1, -0.05) is 36.5 Å². The van der Waals surface area contributed by atoms with Crippen LogP contribution in [0.5, 0.6) is 0 Å². The van der Waals surface area contributed by atoms with E-state index in [1.165, 1.54) is 16.9 Å². The number of thioether (sulfide) groups is 1. The van der Waals surface area contributed by atoms with Crippen molar-refractivity contribution in [1.29, 1.82) is 0 Å². The van der Waals surface area contributed by atoms with Gasteiger partial charge in [-0.25, -0.2) is 4.98 Å². The standard InChI is InChI=1S/C17H17N3OS2/c1-3-11-8-9-13-15(10-11)23-17(18-13)20-19-16(21)12-6-4-5-7-14(12)22-2/h4-10H,3H2,1-2H3,(H,18,20)(H,19,21). The van der Waals surface area contributed by atoms with Crippen molar-refractivity contribution in [3.8, 4) is 0 Å². The van der Waals surface area contributed by atoms with Crippen LogP contribution >= 0.6 is 23.1 Å². The van der Waals surface area contributed by atoms with Crippen LogP contribution in [0.25, 0.3) is 10.2 Å². The van der Waals surface area contributed by atoms with Gasteiger partial charge in [-0.3, -0.25) is 15.6 Å². The number of fused-ring (bicyclic) bond motifs is 1. The van der Waals surface area contributed by atoms with Gasteiger partial charge in [-0.05, 0) is 42.5 Å². The molecule has 0 aliphatic carbocycles. The molecule has 6 heteroatoms. The largest absolute Gasteiger partial charge is 0.273 e. The van der Waals surface area contributed by atoms with E-state index < -0.39 is 0 Å². The van der Waals surface area contributed by atoms with Crippen LogP contribution in [0.15, 0.2) is 47.4 Å². The molecule has 0 unspecified atom stereocenters. The molecule has 0 saturated heterocycles. The third-order valence-corrected chi connectivity index (χ3v) is 5.23. The molecule has 0 atom stereocenters. The van der Waals surface area contributed by atoms with Crippen molar-refractivity contribution in [2.75, 3.05) is 11.7 Å². The smallest absolute Gasteiger partial charge is 0.270 e. The number of hydrazine groups is 1. The molecule has 1 amide bonds. The van der Waals surface area contributed by atoms with Crippen molar-refractivity contribution in [3.63, 3.8) is 0 Å². The number of aromatic nitrogens is 1. The molecule has 0 spiro atoms. The van der Waals surface area contributed by atoms with E-state index in [0.29, 0.717) is 10.7 Å². The van der Waals surface area contributed by atoms with Gasteiger partial charge in [0.05, 0.1) is 15.8 Å². The molecule has 3 rings (SSSR count). The molecule has 0 fully saturated rings. The van der Waals surface area contributed by atoms with E-state index in [1.54, 1.807) is 11.8 Å². The average molecular weight is 343 g/mol. The van der Waals surface area contributed by atoms with Gasteiger partial charge >= 0.3 is 0 Å². The molecule has 3 aromatic rings. The van der Waals surface area contributed by atoms with E-state index in [1.807, 2.05) is 36.6 Å². The summed E-state index contributed by atoms with van der Waals surface area (Å²) in [6.07, 6.45) is 2.96. The summed E-state index contributed by atoms with van der Waals surface area (Å²) in [4.78, 5) is 17.7. The molecule has 4 nitrogen and oxygen atoms in total. The number of anilines is 1. The minimum atomic E-state index is -0.163. The summed E-state index contributed by atoms with van der Waals surface area (Å²) in [6.45, 7) is 2.13. The van der Waals surface area contributed by atoms with Crippen molar-refractivity contribution in [2.45, 2.75) is 18.2 Å². The molecular weight excluding hydrogens is 326 g/mol. The highest BCUT2D eigenvalue weighted by atomic mass is 32.2. The summed E-state index contributed by atoms with van der Waals surface area (Å²) < 4.78 is 1.12. The molecular formula is C17H17N3OS2. The molecule has 118 valence electrons. The van der Waals surface area contributed by atoms with Gasteiger partial charge in [-0.15, -0.1) is 11.8 Å². The van der Waals surface area contributed by atoms with Crippen molar-refractivity contribution >= 4 is 44.4 Å². The summed E-state index contributed by atoms with van der Waals surface area (Å²) in [5, 5.41) is 0.684. The van der Waals surface area contributed by atoms with Crippen LogP contribution in [-0.4, -0.2) is 17.1 Å². The number of carbonyl (C=O) groups is 1. The summed E-state index contributed by atoms with van der Waals surface area (Å²) in [5.74, 6) is -0.163. The fourth-order valence-electron chi connectivity index (χ4n) is 2.25. The molecule has 0 bridgehead atoms. The molecule has 0 aliphatic heterocycles. The fourth-order valence-corrected chi connectivity index (χ4v) is 3.73. The Kier molecular flexibility index (Phi) is 4.83. The molecule has 1 heterocycles. The maximum absolute atomic E-state index is 12.3. The highest BCUT2D eigenvalue weighted by molar-refractivity contribution is 7.98. The Balaban J connectivity index is 1.74. The second kappa shape index (κ2) is 7.02. The number of hydrogen-bond acceptors (Lipinski definition) is 5. The third kappa shape index (κ3) is 3.48. The quantitative estimate of drug-likeness (QED) is 0.534. The van der Waals surface area contributed by atoms with Crippen molar-refractivity contribution < 1.29 is 4.79 Å². The number of thiazole rings is 1. The van der Waals surface area contributed by atoms with Gasteiger partial charge in [0.15, 0.2) is 0 Å². The lowest BCUT2D eigenvalue weighted by Crippen LogP contribution is -2.29. The monoisotopic (exact) mass is 343 g/mol. The summed E-state index contributed by atoms with van der Waals surface area (Å²) in [6, 6.07) is 13.8. The molecule has 0 radical (unpaired) electrons. The highest BCUT2D eigenvalue weighted by Crippen LogP contribution is 2.26. The first-order valence-corrected chi connectivity index (χ1v) is 9.34. The number of rotatable bonds is 5. The number of nitrogens with one attached hydrogen (secondary N) is 2. The summed E-state index contributed by atoms with van der Waals surface area (Å²) in [7, 11) is 0. The van der Waals surface area contributed by atoms with E-state index >= 15 is 0 Å². The minimum Gasteiger partial charge on any atom is -0.273 e. The zero-order chi connectivity index (χ0) is 16.2. The van der Waals surface area contributed by atoms with Crippen LogP contribution in [0.2, 0.25) is 0 Å². The van der Waals surface area contributed by atoms with Gasteiger partial charge in [0.1, 0.15) is 0 Å². The predicted octanol–water partition coefficient (Wildman–Crippen LogP) is 4.34. The molecule has 2 N–H and O–H groups in total. The van der Waals surface area contributed by atoms with Crippen molar-refractivity contribution in [1.82, 2.24) is 10.4 Å². The lowest BCUT2D eigenvalue weighted by atomic mass is 10.2.